The predicted octanol–water partition coefficient (Wildman–Crippen LogP) is 2.48. The Hall–Kier alpha value is -2.53. The summed E-state index contributed by atoms with van der Waals surface area (Å²) in [6.45, 7) is 2.87. The van der Waals surface area contributed by atoms with E-state index in [1.165, 1.54) is 5.56 Å². The molecule has 1 aliphatic heterocycles. The maximum absolute atomic E-state index is 7.81. The maximum Gasteiger partial charge on any atom is 0.203 e. The summed E-state index contributed by atoms with van der Waals surface area (Å²) in [5, 5.41) is 9.53. The molecule has 1 heterocycles. The second-order valence-corrected chi connectivity index (χ2v) is 6.34. The first kappa shape index (κ1) is 16.3. The van der Waals surface area contributed by atoms with Gasteiger partial charge in [-0.2, -0.15) is 0 Å². The Morgan fingerprint density at radius 3 is 2.54 bits per heavy atom. The lowest BCUT2D eigenvalue weighted by Gasteiger charge is -2.35. The van der Waals surface area contributed by atoms with Crippen LogP contribution in [-0.2, 0) is 12.0 Å². The number of hydrazine groups is 1. The summed E-state index contributed by atoms with van der Waals surface area (Å²) in [6.07, 6.45) is 0.791. The van der Waals surface area contributed by atoms with Crippen LogP contribution in [0, 0.1) is 11.3 Å². The van der Waals surface area contributed by atoms with Crippen LogP contribution in [0.4, 0.5) is 0 Å². The highest BCUT2D eigenvalue weighted by Crippen LogP contribution is 2.42. The third-order valence-electron chi connectivity index (χ3n) is 4.84. The minimum atomic E-state index is -0.375. The molecule has 0 radical (unpaired) electrons. The highest BCUT2D eigenvalue weighted by molar-refractivity contribution is 5.74. The van der Waals surface area contributed by atoms with Crippen LogP contribution in [0.15, 0.2) is 54.6 Å². The number of guanidine groups is 1. The molecule has 2 aromatic carbocycles. The molecule has 1 saturated heterocycles. The van der Waals surface area contributed by atoms with Crippen LogP contribution >= 0.6 is 0 Å². The van der Waals surface area contributed by atoms with Crippen molar-refractivity contribution in [2.24, 2.45) is 11.7 Å². The van der Waals surface area contributed by atoms with E-state index in [0.717, 1.165) is 17.7 Å². The van der Waals surface area contributed by atoms with E-state index in [1.54, 1.807) is 12.1 Å². The lowest BCUT2D eigenvalue weighted by molar-refractivity contribution is 0.243. The van der Waals surface area contributed by atoms with E-state index in [2.05, 4.69) is 30.5 Å². The number of para-hydroxylation sites is 1. The van der Waals surface area contributed by atoms with Crippen molar-refractivity contribution in [3.05, 3.63) is 65.7 Å². The fourth-order valence-electron chi connectivity index (χ4n) is 3.55. The van der Waals surface area contributed by atoms with Crippen LogP contribution in [0.25, 0.3) is 0 Å². The molecule has 5 nitrogen and oxygen atoms in total. The number of benzene rings is 2. The van der Waals surface area contributed by atoms with Gasteiger partial charge in [0.1, 0.15) is 5.75 Å². The zero-order valence-electron chi connectivity index (χ0n) is 14.1. The van der Waals surface area contributed by atoms with Crippen molar-refractivity contribution in [1.82, 2.24) is 10.4 Å². The van der Waals surface area contributed by atoms with E-state index in [4.69, 9.17) is 15.9 Å². The van der Waals surface area contributed by atoms with E-state index >= 15 is 0 Å². The van der Waals surface area contributed by atoms with E-state index in [0.29, 0.717) is 6.54 Å². The molecule has 2 atom stereocenters. The molecule has 5 heteroatoms. The van der Waals surface area contributed by atoms with Gasteiger partial charge in [0.2, 0.25) is 5.96 Å². The lowest BCUT2D eigenvalue weighted by Crippen LogP contribution is -2.50. The number of nitrogens with one attached hydrogen (secondary N) is 2. The van der Waals surface area contributed by atoms with E-state index in [1.807, 2.05) is 36.4 Å². The minimum absolute atomic E-state index is 0.0340. The molecule has 1 fully saturated rings. The van der Waals surface area contributed by atoms with Gasteiger partial charge in [-0.3, -0.25) is 10.4 Å². The SMILES string of the molecule is COc1ccccc1C1(Cc2ccccc2)NN(C(=N)N)CC1C. The largest absolute Gasteiger partial charge is 0.496 e. The molecule has 0 saturated carbocycles. The Kier molecular flexibility index (Phi) is 4.44. The molecular formula is C19H24N4O. The van der Waals surface area contributed by atoms with Gasteiger partial charge in [0.05, 0.1) is 12.6 Å². The average molecular weight is 324 g/mol. The summed E-state index contributed by atoms with van der Waals surface area (Å²) in [4.78, 5) is 0. The van der Waals surface area contributed by atoms with Gasteiger partial charge in [-0.25, -0.2) is 5.43 Å². The molecule has 2 aromatic rings. The summed E-state index contributed by atoms with van der Waals surface area (Å²) in [6, 6.07) is 18.4. The highest BCUT2D eigenvalue weighted by Gasteiger charge is 2.47. The summed E-state index contributed by atoms with van der Waals surface area (Å²) < 4.78 is 5.62. The van der Waals surface area contributed by atoms with Crippen LogP contribution in [0.3, 0.4) is 0 Å². The van der Waals surface area contributed by atoms with Crippen LogP contribution < -0.4 is 15.9 Å². The molecule has 1 aliphatic rings. The zero-order chi connectivity index (χ0) is 17.2. The molecule has 4 N–H and O–H groups in total. The smallest absolute Gasteiger partial charge is 0.203 e. The molecule has 3 rings (SSSR count). The Balaban J connectivity index is 2.09. The van der Waals surface area contributed by atoms with Gasteiger partial charge in [-0.05, 0) is 24.0 Å². The zero-order valence-corrected chi connectivity index (χ0v) is 14.1. The molecule has 0 bridgehead atoms. The monoisotopic (exact) mass is 324 g/mol. The second-order valence-electron chi connectivity index (χ2n) is 6.34. The van der Waals surface area contributed by atoms with Crippen LogP contribution in [0.5, 0.6) is 5.75 Å². The quantitative estimate of drug-likeness (QED) is 0.597. The molecule has 24 heavy (non-hydrogen) atoms. The number of rotatable bonds is 4. The molecule has 126 valence electrons. The topological polar surface area (TPSA) is 74.4 Å². The van der Waals surface area contributed by atoms with Gasteiger partial charge in [0.15, 0.2) is 0 Å². The number of methoxy groups -OCH3 is 1. The Morgan fingerprint density at radius 2 is 1.92 bits per heavy atom. The Morgan fingerprint density at radius 1 is 1.25 bits per heavy atom. The third kappa shape index (κ3) is 2.83. The number of nitrogens with zero attached hydrogens (tertiary/aromatic N) is 1. The summed E-state index contributed by atoms with van der Waals surface area (Å²) in [5.74, 6) is 1.13. The molecule has 0 aliphatic carbocycles. The van der Waals surface area contributed by atoms with Gasteiger partial charge < -0.3 is 10.5 Å². The molecule has 2 unspecified atom stereocenters. The van der Waals surface area contributed by atoms with Crippen LogP contribution in [0.1, 0.15) is 18.1 Å². The third-order valence-corrected chi connectivity index (χ3v) is 4.84. The van der Waals surface area contributed by atoms with Crippen molar-refractivity contribution in [2.45, 2.75) is 18.9 Å². The number of hydrogen-bond donors (Lipinski definition) is 3. The van der Waals surface area contributed by atoms with Crippen molar-refractivity contribution < 1.29 is 4.74 Å². The van der Waals surface area contributed by atoms with E-state index in [-0.39, 0.29) is 17.4 Å². The van der Waals surface area contributed by atoms with Crippen molar-refractivity contribution in [1.29, 1.82) is 5.41 Å². The molecule has 0 aromatic heterocycles. The van der Waals surface area contributed by atoms with Gasteiger partial charge in [0, 0.05) is 12.1 Å². The maximum atomic E-state index is 7.81. The van der Waals surface area contributed by atoms with Crippen LogP contribution in [-0.4, -0.2) is 24.6 Å². The Labute approximate surface area is 142 Å². The normalized spacial score (nSPS) is 23.2. The van der Waals surface area contributed by atoms with Gasteiger partial charge in [-0.15, -0.1) is 0 Å². The number of nitrogens with two attached hydrogens (primary N) is 1. The average Bonchev–Trinajstić information content (AvgIpc) is 2.93. The molecule has 0 amide bonds. The summed E-state index contributed by atoms with van der Waals surface area (Å²) in [7, 11) is 1.69. The van der Waals surface area contributed by atoms with E-state index < -0.39 is 0 Å². The molecular weight excluding hydrogens is 300 g/mol. The Bertz CT molecular complexity index is 718. The fraction of sp³-hybridized carbons (Fsp3) is 0.316. The standard InChI is InChI=1S/C19H24N4O/c1-14-13-23(18(20)21)22-19(14,12-15-8-4-3-5-9-15)16-10-6-7-11-17(16)24-2/h3-11,14,22H,12-13H2,1-2H3,(H3,20,21). The second kappa shape index (κ2) is 6.53. The predicted molar refractivity (Wildman–Crippen MR) is 95.7 cm³/mol. The van der Waals surface area contributed by atoms with Crippen molar-refractivity contribution >= 4 is 5.96 Å². The summed E-state index contributed by atoms with van der Waals surface area (Å²) >= 11 is 0. The van der Waals surface area contributed by atoms with Crippen molar-refractivity contribution in [3.63, 3.8) is 0 Å². The first-order valence-electron chi connectivity index (χ1n) is 8.13. The lowest BCUT2D eigenvalue weighted by atomic mass is 9.76. The number of ether oxygens (including phenoxy) is 1. The summed E-state index contributed by atoms with van der Waals surface area (Å²) in [5.41, 5.74) is 11.2. The van der Waals surface area contributed by atoms with Crippen molar-refractivity contribution in [2.75, 3.05) is 13.7 Å². The number of hydrogen-bond acceptors (Lipinski definition) is 3. The van der Waals surface area contributed by atoms with Crippen molar-refractivity contribution in [3.8, 4) is 5.75 Å². The van der Waals surface area contributed by atoms with Gasteiger partial charge in [-0.1, -0.05) is 55.5 Å². The molecule has 0 spiro atoms. The van der Waals surface area contributed by atoms with Gasteiger partial charge >= 0.3 is 0 Å². The van der Waals surface area contributed by atoms with Crippen LogP contribution in [0.2, 0.25) is 0 Å². The highest BCUT2D eigenvalue weighted by atomic mass is 16.5. The first-order valence-corrected chi connectivity index (χ1v) is 8.13. The van der Waals surface area contributed by atoms with Gasteiger partial charge in [0.25, 0.3) is 0 Å². The first-order chi connectivity index (χ1) is 11.6. The fourth-order valence-corrected chi connectivity index (χ4v) is 3.55. The minimum Gasteiger partial charge on any atom is -0.496 e. The van der Waals surface area contributed by atoms with E-state index in [9.17, 15) is 0 Å².